The van der Waals surface area contributed by atoms with Crippen molar-refractivity contribution in [2.24, 2.45) is 0 Å². The average molecular weight is 406 g/mol. The number of carboxylic acid groups (broad SMARTS) is 1. The molecule has 0 saturated carbocycles. The third-order valence-electron chi connectivity index (χ3n) is 5.09. The lowest BCUT2D eigenvalue weighted by molar-refractivity contribution is -0.255. The molecule has 0 spiro atoms. The first-order valence-electron chi connectivity index (χ1n) is 9.60. The molecule has 0 bridgehead atoms. The van der Waals surface area contributed by atoms with Gasteiger partial charge in [0.1, 0.15) is 24.0 Å². The van der Waals surface area contributed by atoms with Gasteiger partial charge in [-0.25, -0.2) is 13.8 Å². The van der Waals surface area contributed by atoms with Gasteiger partial charge in [-0.2, -0.15) is 0 Å². The number of rotatable bonds is 6. The average Bonchev–Trinajstić information content (AvgIpc) is 3.24. The molecule has 0 N–H and O–H groups in total. The summed E-state index contributed by atoms with van der Waals surface area (Å²) in [4.78, 5) is 15.4. The van der Waals surface area contributed by atoms with Gasteiger partial charge in [0, 0.05) is 11.1 Å². The molecule has 0 atom stereocenters. The van der Waals surface area contributed by atoms with Crippen molar-refractivity contribution < 1.29 is 23.4 Å². The van der Waals surface area contributed by atoms with Crippen LogP contribution in [-0.4, -0.2) is 11.0 Å². The van der Waals surface area contributed by atoms with Gasteiger partial charge < -0.3 is 14.6 Å². The minimum absolute atomic E-state index is 0.00629. The molecule has 3 aromatic rings. The van der Waals surface area contributed by atoms with E-state index < -0.39 is 11.8 Å². The summed E-state index contributed by atoms with van der Waals surface area (Å²) < 4.78 is 33.9. The third kappa shape index (κ3) is 4.08. The zero-order valence-corrected chi connectivity index (χ0v) is 16.0. The largest absolute Gasteiger partial charge is 0.543 e. The third-order valence-corrected chi connectivity index (χ3v) is 5.09. The molecule has 0 saturated heterocycles. The van der Waals surface area contributed by atoms with Crippen molar-refractivity contribution in [2.45, 2.75) is 25.9 Å². The predicted octanol–water partition coefficient (Wildman–Crippen LogP) is 4.40. The number of hydrogen-bond acceptors (Lipinski definition) is 4. The van der Waals surface area contributed by atoms with Crippen LogP contribution in [0.1, 0.15) is 46.6 Å². The van der Waals surface area contributed by atoms with E-state index >= 15 is 0 Å². The van der Waals surface area contributed by atoms with E-state index in [9.17, 15) is 18.7 Å². The van der Waals surface area contributed by atoms with Crippen LogP contribution in [0.2, 0.25) is 0 Å². The molecule has 152 valence electrons. The molecule has 30 heavy (non-hydrogen) atoms. The molecule has 6 heteroatoms. The Morgan fingerprint density at radius 3 is 2.60 bits per heavy atom. The summed E-state index contributed by atoms with van der Waals surface area (Å²) in [5.41, 5.74) is 3.03. The first-order valence-corrected chi connectivity index (χ1v) is 9.60. The van der Waals surface area contributed by atoms with Crippen LogP contribution < -0.4 is 9.84 Å². The smallest absolute Gasteiger partial charge is 0.129 e. The fourth-order valence-electron chi connectivity index (χ4n) is 3.67. The molecule has 4 rings (SSSR count). The highest BCUT2D eigenvalue weighted by Gasteiger charge is 2.22. The molecule has 0 amide bonds. The highest BCUT2D eigenvalue weighted by Crippen LogP contribution is 2.42. The molecular weight excluding hydrogens is 388 g/mol. The minimum atomic E-state index is -1.35. The van der Waals surface area contributed by atoms with Crippen LogP contribution in [0.3, 0.4) is 0 Å². The standard InChI is InChI=1S/C24H19F2NO3/c25-16-11-12-23(30-14-15-5-1-2-8-20(15)26)19(13-16)17-6-3-7-18(17)21-9-4-10-22(27-21)24(28)29/h1-2,4-5,8-13H,3,6-7,14H2,(H,28,29)/p-1. The van der Waals surface area contributed by atoms with Gasteiger partial charge in [0.2, 0.25) is 0 Å². The van der Waals surface area contributed by atoms with Crippen LogP contribution in [0.25, 0.3) is 11.1 Å². The van der Waals surface area contributed by atoms with E-state index in [1.54, 1.807) is 30.3 Å². The number of nitrogens with zero attached hydrogens (tertiary/aromatic N) is 1. The molecular formula is C24H18F2NO3-. The van der Waals surface area contributed by atoms with Crippen LogP contribution in [0, 0.1) is 11.6 Å². The molecule has 1 heterocycles. The monoisotopic (exact) mass is 406 g/mol. The van der Waals surface area contributed by atoms with Crippen LogP contribution in [0.4, 0.5) is 8.78 Å². The van der Waals surface area contributed by atoms with Crippen molar-refractivity contribution in [1.29, 1.82) is 0 Å². The topological polar surface area (TPSA) is 62.2 Å². The molecule has 2 aromatic carbocycles. The quantitative estimate of drug-likeness (QED) is 0.609. The van der Waals surface area contributed by atoms with E-state index in [-0.39, 0.29) is 18.1 Å². The van der Waals surface area contributed by atoms with E-state index in [4.69, 9.17) is 4.74 Å². The lowest BCUT2D eigenvalue weighted by Crippen LogP contribution is -2.23. The lowest BCUT2D eigenvalue weighted by atomic mass is 9.98. The van der Waals surface area contributed by atoms with Crippen molar-refractivity contribution in [3.05, 3.63) is 94.8 Å². The molecule has 0 fully saturated rings. The minimum Gasteiger partial charge on any atom is -0.543 e. The number of ether oxygens (including phenoxy) is 1. The maximum Gasteiger partial charge on any atom is 0.129 e. The summed E-state index contributed by atoms with van der Waals surface area (Å²) in [6.07, 6.45) is 2.18. The van der Waals surface area contributed by atoms with Crippen LogP contribution in [-0.2, 0) is 6.61 Å². The van der Waals surface area contributed by atoms with Gasteiger partial charge in [-0.05, 0) is 66.8 Å². The fraction of sp³-hybridized carbons (Fsp3) is 0.167. The summed E-state index contributed by atoms with van der Waals surface area (Å²) in [5, 5.41) is 11.2. The SMILES string of the molecule is O=C([O-])c1cccc(C2=C(c3cc(F)ccc3OCc3ccccc3F)CCC2)n1. The predicted molar refractivity (Wildman–Crippen MR) is 106 cm³/mol. The number of aromatic carboxylic acids is 1. The normalized spacial score (nSPS) is 13.5. The number of benzene rings is 2. The van der Waals surface area contributed by atoms with Gasteiger partial charge in [0.15, 0.2) is 0 Å². The Labute approximate surface area is 172 Å². The number of carbonyl (C=O) groups is 1. The fourth-order valence-corrected chi connectivity index (χ4v) is 3.67. The first kappa shape index (κ1) is 19.8. The number of hydrogen-bond donors (Lipinski definition) is 0. The number of carboxylic acids is 1. The summed E-state index contributed by atoms with van der Waals surface area (Å²) in [7, 11) is 0. The van der Waals surface area contributed by atoms with Gasteiger partial charge >= 0.3 is 0 Å². The van der Waals surface area contributed by atoms with Gasteiger partial charge in [0.25, 0.3) is 0 Å². The second-order valence-electron chi connectivity index (χ2n) is 7.03. The van der Waals surface area contributed by atoms with Crippen LogP contribution in [0.5, 0.6) is 5.75 Å². The maximum absolute atomic E-state index is 14.1. The Balaban J connectivity index is 1.72. The Hall–Kier alpha value is -3.54. The highest BCUT2D eigenvalue weighted by molar-refractivity contribution is 5.94. The van der Waals surface area contributed by atoms with Crippen molar-refractivity contribution in [1.82, 2.24) is 4.98 Å². The Morgan fingerprint density at radius 2 is 1.80 bits per heavy atom. The van der Waals surface area contributed by atoms with Crippen LogP contribution >= 0.6 is 0 Å². The van der Waals surface area contributed by atoms with E-state index in [1.165, 1.54) is 30.3 Å². The number of carbonyl (C=O) groups excluding carboxylic acids is 1. The molecule has 1 aliphatic rings. The molecule has 0 radical (unpaired) electrons. The summed E-state index contributed by atoms with van der Waals surface area (Å²) in [6.45, 7) is 0.00629. The first-order chi connectivity index (χ1) is 14.5. The zero-order chi connectivity index (χ0) is 21.1. The molecule has 1 aromatic heterocycles. The number of aromatic nitrogens is 1. The number of halogens is 2. The summed E-state index contributed by atoms with van der Waals surface area (Å²) >= 11 is 0. The van der Waals surface area contributed by atoms with Crippen molar-refractivity contribution in [3.63, 3.8) is 0 Å². The van der Waals surface area contributed by atoms with Gasteiger partial charge in [-0.3, -0.25) is 0 Å². The second-order valence-corrected chi connectivity index (χ2v) is 7.03. The number of pyridine rings is 1. The van der Waals surface area contributed by atoms with Gasteiger partial charge in [-0.15, -0.1) is 0 Å². The molecule has 4 nitrogen and oxygen atoms in total. The molecule has 0 aliphatic heterocycles. The van der Waals surface area contributed by atoms with E-state index in [0.29, 0.717) is 35.4 Å². The summed E-state index contributed by atoms with van der Waals surface area (Å²) in [5.74, 6) is -1.70. The molecule has 0 unspecified atom stereocenters. The zero-order valence-electron chi connectivity index (χ0n) is 16.0. The second kappa shape index (κ2) is 8.45. The Bertz CT molecular complexity index is 1140. The van der Waals surface area contributed by atoms with Crippen LogP contribution in [0.15, 0.2) is 60.7 Å². The number of allylic oxidation sites excluding steroid dienone is 2. The van der Waals surface area contributed by atoms with Gasteiger partial charge in [-0.1, -0.05) is 24.3 Å². The highest BCUT2D eigenvalue weighted by atomic mass is 19.1. The Kier molecular flexibility index (Phi) is 5.57. The van der Waals surface area contributed by atoms with E-state index in [0.717, 1.165) is 17.6 Å². The van der Waals surface area contributed by atoms with E-state index in [2.05, 4.69) is 4.98 Å². The van der Waals surface area contributed by atoms with E-state index in [1.807, 2.05) is 0 Å². The lowest BCUT2D eigenvalue weighted by Gasteiger charge is -2.15. The molecule has 1 aliphatic carbocycles. The van der Waals surface area contributed by atoms with Crippen molar-refractivity contribution in [3.8, 4) is 5.75 Å². The van der Waals surface area contributed by atoms with Crippen molar-refractivity contribution in [2.75, 3.05) is 0 Å². The van der Waals surface area contributed by atoms with Crippen molar-refractivity contribution >= 4 is 17.1 Å². The summed E-state index contributed by atoms with van der Waals surface area (Å²) in [6, 6.07) is 15.2. The maximum atomic E-state index is 14.1. The Morgan fingerprint density at radius 1 is 1.00 bits per heavy atom. The van der Waals surface area contributed by atoms with Gasteiger partial charge in [0.05, 0.1) is 17.4 Å².